The van der Waals surface area contributed by atoms with E-state index in [1.54, 1.807) is 13.3 Å². The van der Waals surface area contributed by atoms with Crippen LogP contribution in [0, 0.1) is 0 Å². The zero-order valence-corrected chi connectivity index (χ0v) is 18.4. The summed E-state index contributed by atoms with van der Waals surface area (Å²) >= 11 is 2.90. The molecule has 0 saturated heterocycles. The highest BCUT2D eigenvalue weighted by Gasteiger charge is 2.32. The van der Waals surface area contributed by atoms with Crippen LogP contribution in [-0.2, 0) is 4.79 Å². The number of methoxy groups -OCH3 is 1. The van der Waals surface area contributed by atoms with Crippen LogP contribution in [0.3, 0.4) is 0 Å². The second kappa shape index (κ2) is 8.20. The number of ether oxygens (including phenoxy) is 1. The Morgan fingerprint density at radius 1 is 1.29 bits per heavy atom. The van der Waals surface area contributed by atoms with Gasteiger partial charge >= 0.3 is 0 Å². The van der Waals surface area contributed by atoms with Crippen LogP contribution in [0.1, 0.15) is 18.9 Å². The van der Waals surface area contributed by atoms with E-state index in [-0.39, 0.29) is 11.7 Å². The summed E-state index contributed by atoms with van der Waals surface area (Å²) in [5.74, 6) is 1.63. The van der Waals surface area contributed by atoms with Crippen LogP contribution < -0.4 is 15.8 Å². The number of carbonyl (C=O) groups is 1. The zero-order valence-electron chi connectivity index (χ0n) is 16.7. The summed E-state index contributed by atoms with van der Waals surface area (Å²) in [5.41, 5.74) is 7.81. The molecule has 0 aliphatic heterocycles. The molecule has 0 radical (unpaired) electrons. The molecule has 158 valence electrons. The average molecular weight is 453 g/mol. The number of pyridine rings is 1. The van der Waals surface area contributed by atoms with E-state index in [2.05, 4.69) is 25.1 Å². The minimum atomic E-state index is -0.104. The molecular formula is C21H20N6O2S2. The Labute approximate surface area is 186 Å². The molecule has 1 aromatic carbocycles. The van der Waals surface area contributed by atoms with E-state index in [4.69, 9.17) is 10.5 Å². The van der Waals surface area contributed by atoms with Crippen molar-refractivity contribution in [3.8, 4) is 16.5 Å². The van der Waals surface area contributed by atoms with Crippen LogP contribution in [0.15, 0.2) is 47.8 Å². The third-order valence-electron chi connectivity index (χ3n) is 4.99. The molecule has 1 saturated carbocycles. The number of nitrogens with two attached hydrogens (primary N) is 1. The fourth-order valence-electron chi connectivity index (χ4n) is 3.31. The second-order valence-electron chi connectivity index (χ2n) is 7.17. The van der Waals surface area contributed by atoms with Gasteiger partial charge in [0.2, 0.25) is 5.91 Å². The van der Waals surface area contributed by atoms with Gasteiger partial charge in [0.25, 0.3) is 0 Å². The van der Waals surface area contributed by atoms with Gasteiger partial charge in [0.1, 0.15) is 10.6 Å². The zero-order chi connectivity index (χ0) is 21.4. The highest BCUT2D eigenvalue weighted by atomic mass is 32.2. The number of rotatable bonds is 7. The van der Waals surface area contributed by atoms with E-state index < -0.39 is 0 Å². The SMILES string of the molecule is COc1ccc(NC(=O)CSc2nnc(-c3sc4ncccc4c3N)n2C2CC2)cc1. The molecule has 1 aliphatic rings. The molecule has 1 fully saturated rings. The predicted octanol–water partition coefficient (Wildman–Crippen LogP) is 4.21. The summed E-state index contributed by atoms with van der Waals surface area (Å²) in [7, 11) is 1.61. The third kappa shape index (κ3) is 3.96. The maximum absolute atomic E-state index is 12.4. The van der Waals surface area contributed by atoms with Crippen LogP contribution in [-0.4, -0.2) is 38.5 Å². The minimum Gasteiger partial charge on any atom is -0.497 e. The number of hydrogen-bond donors (Lipinski definition) is 2. The maximum Gasteiger partial charge on any atom is 0.234 e. The van der Waals surface area contributed by atoms with Gasteiger partial charge in [-0.15, -0.1) is 21.5 Å². The molecule has 8 nitrogen and oxygen atoms in total. The number of amides is 1. The number of nitrogens with zero attached hydrogens (tertiary/aromatic N) is 4. The Morgan fingerprint density at radius 2 is 2.10 bits per heavy atom. The molecule has 31 heavy (non-hydrogen) atoms. The molecule has 3 aromatic heterocycles. The van der Waals surface area contributed by atoms with E-state index >= 15 is 0 Å². The summed E-state index contributed by atoms with van der Waals surface area (Å²) < 4.78 is 7.26. The fraction of sp³-hybridized carbons (Fsp3) is 0.238. The Hall–Kier alpha value is -3.11. The van der Waals surface area contributed by atoms with Gasteiger partial charge in [0, 0.05) is 23.3 Å². The highest BCUT2D eigenvalue weighted by molar-refractivity contribution is 7.99. The predicted molar refractivity (Wildman–Crippen MR) is 124 cm³/mol. The van der Waals surface area contributed by atoms with E-state index in [1.807, 2.05) is 36.4 Å². The van der Waals surface area contributed by atoms with Crippen LogP contribution in [0.2, 0.25) is 0 Å². The van der Waals surface area contributed by atoms with Gasteiger partial charge in [0.05, 0.1) is 23.4 Å². The van der Waals surface area contributed by atoms with Gasteiger partial charge in [0.15, 0.2) is 11.0 Å². The average Bonchev–Trinajstić information content (AvgIpc) is 3.46. The number of benzene rings is 1. The smallest absolute Gasteiger partial charge is 0.234 e. The standard InChI is InChI=1S/C21H20N6O2S2/c1-29-14-8-4-12(5-9-14)24-16(28)11-30-21-26-25-19(27(21)13-6-7-13)18-17(22)15-3-2-10-23-20(15)31-18/h2-5,8-10,13H,6-7,11,22H2,1H3,(H,24,28). The summed E-state index contributed by atoms with van der Waals surface area (Å²) in [5, 5.41) is 13.4. The molecule has 10 heteroatoms. The minimum absolute atomic E-state index is 0.104. The molecule has 4 aromatic rings. The maximum atomic E-state index is 12.4. The van der Waals surface area contributed by atoms with Crippen LogP contribution >= 0.6 is 23.1 Å². The van der Waals surface area contributed by atoms with Crippen molar-refractivity contribution in [2.75, 3.05) is 23.9 Å². The largest absolute Gasteiger partial charge is 0.497 e. The lowest BCUT2D eigenvalue weighted by Gasteiger charge is -2.09. The van der Waals surface area contributed by atoms with Crippen molar-refractivity contribution in [1.29, 1.82) is 0 Å². The van der Waals surface area contributed by atoms with Gasteiger partial charge in [-0.3, -0.25) is 9.36 Å². The highest BCUT2D eigenvalue weighted by Crippen LogP contribution is 2.45. The molecular weight excluding hydrogens is 432 g/mol. The molecule has 5 rings (SSSR count). The number of anilines is 2. The van der Waals surface area contributed by atoms with Gasteiger partial charge < -0.3 is 15.8 Å². The summed E-state index contributed by atoms with van der Waals surface area (Å²) in [6.45, 7) is 0. The van der Waals surface area contributed by atoms with Crippen LogP contribution in [0.5, 0.6) is 5.75 Å². The molecule has 1 aliphatic carbocycles. The van der Waals surface area contributed by atoms with Crippen LogP contribution in [0.4, 0.5) is 11.4 Å². The number of thioether (sulfide) groups is 1. The fourth-order valence-corrected chi connectivity index (χ4v) is 5.16. The Kier molecular flexibility index (Phi) is 5.24. The quantitative estimate of drug-likeness (QED) is 0.404. The van der Waals surface area contributed by atoms with E-state index in [0.717, 1.165) is 50.4 Å². The Morgan fingerprint density at radius 3 is 2.81 bits per heavy atom. The van der Waals surface area contributed by atoms with Crippen molar-refractivity contribution >= 4 is 50.6 Å². The summed E-state index contributed by atoms with van der Waals surface area (Å²) in [6, 6.07) is 11.4. The van der Waals surface area contributed by atoms with Crippen molar-refractivity contribution in [3.05, 3.63) is 42.6 Å². The van der Waals surface area contributed by atoms with Gasteiger partial charge in [-0.1, -0.05) is 11.8 Å². The Bertz CT molecular complexity index is 1250. The van der Waals surface area contributed by atoms with E-state index in [1.165, 1.54) is 23.1 Å². The number of carbonyl (C=O) groups excluding carboxylic acids is 1. The van der Waals surface area contributed by atoms with Crippen LogP contribution in [0.25, 0.3) is 20.9 Å². The third-order valence-corrected chi connectivity index (χ3v) is 7.06. The summed E-state index contributed by atoms with van der Waals surface area (Å²) in [4.78, 5) is 18.6. The molecule has 0 spiro atoms. The van der Waals surface area contributed by atoms with Crippen molar-refractivity contribution in [2.24, 2.45) is 0 Å². The van der Waals surface area contributed by atoms with Crippen molar-refractivity contribution in [1.82, 2.24) is 19.7 Å². The first-order valence-corrected chi connectivity index (χ1v) is 11.6. The second-order valence-corrected chi connectivity index (χ2v) is 9.12. The van der Waals surface area contributed by atoms with Gasteiger partial charge in [-0.25, -0.2) is 4.98 Å². The first kappa shape index (κ1) is 19.8. The lowest BCUT2D eigenvalue weighted by Crippen LogP contribution is -2.14. The topological polar surface area (TPSA) is 108 Å². The number of hydrogen-bond acceptors (Lipinski definition) is 8. The lowest BCUT2D eigenvalue weighted by molar-refractivity contribution is -0.113. The van der Waals surface area contributed by atoms with Crippen molar-refractivity contribution in [2.45, 2.75) is 24.0 Å². The summed E-state index contributed by atoms with van der Waals surface area (Å²) in [6.07, 6.45) is 3.90. The van der Waals surface area contributed by atoms with Gasteiger partial charge in [-0.05, 0) is 49.2 Å². The molecule has 3 heterocycles. The van der Waals surface area contributed by atoms with Crippen molar-refractivity contribution < 1.29 is 9.53 Å². The van der Waals surface area contributed by atoms with E-state index in [0.29, 0.717) is 11.7 Å². The molecule has 0 bridgehead atoms. The lowest BCUT2D eigenvalue weighted by atomic mass is 10.2. The monoisotopic (exact) mass is 452 g/mol. The Balaban J connectivity index is 1.35. The molecule has 0 unspecified atom stereocenters. The first-order valence-electron chi connectivity index (χ1n) is 9.79. The van der Waals surface area contributed by atoms with Gasteiger partial charge in [-0.2, -0.15) is 0 Å². The normalized spacial score (nSPS) is 13.5. The number of nitrogens with one attached hydrogen (secondary N) is 1. The number of aromatic nitrogens is 4. The first-order chi connectivity index (χ1) is 15.1. The number of fused-ring (bicyclic) bond motifs is 1. The molecule has 3 N–H and O–H groups in total. The molecule has 1 amide bonds. The van der Waals surface area contributed by atoms with E-state index in [9.17, 15) is 4.79 Å². The van der Waals surface area contributed by atoms with Crippen molar-refractivity contribution in [3.63, 3.8) is 0 Å². The number of thiophene rings is 1. The molecule has 0 atom stereocenters. The number of nitrogen functional groups attached to an aromatic ring is 1.